The van der Waals surface area contributed by atoms with Crippen LogP contribution in [-0.2, 0) is 4.79 Å². The van der Waals surface area contributed by atoms with Crippen molar-refractivity contribution < 1.29 is 23.9 Å². The SMILES string of the molecule is COc1ccc([N+](=O)[O-])cc1OCC(=O)Nc1ccc(Oc2ccc(Br)cc2)cc1. The number of rotatable bonds is 8. The van der Waals surface area contributed by atoms with Crippen LogP contribution in [0.1, 0.15) is 0 Å². The lowest BCUT2D eigenvalue weighted by atomic mass is 10.3. The molecule has 0 radical (unpaired) electrons. The molecular formula is C21H17BrN2O6. The molecule has 0 unspecified atom stereocenters. The van der Waals surface area contributed by atoms with Crippen molar-refractivity contribution in [3.63, 3.8) is 0 Å². The van der Waals surface area contributed by atoms with Crippen molar-refractivity contribution in [1.82, 2.24) is 0 Å². The molecule has 0 aliphatic carbocycles. The summed E-state index contributed by atoms with van der Waals surface area (Å²) >= 11 is 3.37. The second kappa shape index (κ2) is 9.75. The number of benzene rings is 3. The lowest BCUT2D eigenvalue weighted by Crippen LogP contribution is -2.20. The zero-order valence-corrected chi connectivity index (χ0v) is 17.4. The van der Waals surface area contributed by atoms with Gasteiger partial charge >= 0.3 is 0 Å². The molecule has 0 saturated heterocycles. The van der Waals surface area contributed by atoms with E-state index in [1.54, 1.807) is 24.3 Å². The van der Waals surface area contributed by atoms with Crippen molar-refractivity contribution in [1.29, 1.82) is 0 Å². The molecule has 0 bridgehead atoms. The predicted octanol–water partition coefficient (Wildman–Crippen LogP) is 5.18. The highest BCUT2D eigenvalue weighted by Crippen LogP contribution is 2.31. The Bertz CT molecular complexity index is 1040. The first-order chi connectivity index (χ1) is 14.4. The molecule has 1 N–H and O–H groups in total. The van der Waals surface area contributed by atoms with E-state index < -0.39 is 10.8 Å². The number of nitrogens with zero attached hydrogens (tertiary/aromatic N) is 1. The molecule has 0 heterocycles. The summed E-state index contributed by atoms with van der Waals surface area (Å²) in [4.78, 5) is 22.5. The minimum atomic E-state index is -0.551. The second-order valence-electron chi connectivity index (χ2n) is 6.01. The van der Waals surface area contributed by atoms with Crippen LogP contribution in [0.25, 0.3) is 0 Å². The minimum absolute atomic E-state index is 0.111. The molecule has 30 heavy (non-hydrogen) atoms. The Kier molecular flexibility index (Phi) is 6.87. The normalized spacial score (nSPS) is 10.2. The number of carbonyl (C=O) groups is 1. The number of non-ortho nitro benzene ring substituents is 1. The summed E-state index contributed by atoms with van der Waals surface area (Å²) < 4.78 is 17.2. The Hall–Kier alpha value is -3.59. The molecule has 3 rings (SSSR count). The maximum absolute atomic E-state index is 12.2. The molecule has 0 saturated carbocycles. The number of anilines is 1. The van der Waals surface area contributed by atoms with E-state index in [-0.39, 0.29) is 18.0 Å². The number of nitrogens with one attached hydrogen (secondary N) is 1. The highest BCUT2D eigenvalue weighted by molar-refractivity contribution is 9.10. The molecule has 9 heteroatoms. The fourth-order valence-corrected chi connectivity index (χ4v) is 2.74. The van der Waals surface area contributed by atoms with Gasteiger partial charge < -0.3 is 19.5 Å². The first-order valence-corrected chi connectivity index (χ1v) is 9.52. The molecule has 0 fully saturated rings. The molecule has 154 valence electrons. The van der Waals surface area contributed by atoms with Gasteiger partial charge in [-0.15, -0.1) is 0 Å². The third-order valence-electron chi connectivity index (χ3n) is 3.90. The van der Waals surface area contributed by atoms with E-state index >= 15 is 0 Å². The zero-order chi connectivity index (χ0) is 21.5. The number of nitro benzene ring substituents is 1. The van der Waals surface area contributed by atoms with Gasteiger partial charge in [0.05, 0.1) is 18.1 Å². The fourth-order valence-electron chi connectivity index (χ4n) is 2.48. The van der Waals surface area contributed by atoms with Gasteiger partial charge in [0, 0.05) is 16.2 Å². The number of halogens is 1. The molecule has 3 aromatic carbocycles. The van der Waals surface area contributed by atoms with E-state index in [2.05, 4.69) is 21.2 Å². The average molecular weight is 473 g/mol. The number of nitro groups is 1. The van der Waals surface area contributed by atoms with Gasteiger partial charge in [0.2, 0.25) is 0 Å². The van der Waals surface area contributed by atoms with Crippen molar-refractivity contribution in [2.45, 2.75) is 0 Å². The highest BCUT2D eigenvalue weighted by Gasteiger charge is 2.14. The van der Waals surface area contributed by atoms with E-state index in [1.165, 1.54) is 25.3 Å². The number of hydrogen-bond acceptors (Lipinski definition) is 6. The van der Waals surface area contributed by atoms with Crippen LogP contribution in [0.4, 0.5) is 11.4 Å². The quantitative estimate of drug-likeness (QED) is 0.358. The molecular weight excluding hydrogens is 456 g/mol. The van der Waals surface area contributed by atoms with E-state index in [0.717, 1.165) is 4.47 Å². The number of methoxy groups -OCH3 is 1. The van der Waals surface area contributed by atoms with Gasteiger partial charge in [-0.05, 0) is 54.6 Å². The average Bonchev–Trinajstić information content (AvgIpc) is 2.75. The standard InChI is InChI=1S/C21H17BrN2O6/c1-28-19-11-6-16(24(26)27)12-20(19)29-13-21(25)23-15-4-9-18(10-5-15)30-17-7-2-14(22)3-8-17/h2-12H,13H2,1H3,(H,23,25). The van der Waals surface area contributed by atoms with Gasteiger partial charge in [-0.3, -0.25) is 14.9 Å². The third kappa shape index (κ3) is 5.71. The predicted molar refractivity (Wildman–Crippen MR) is 114 cm³/mol. The monoisotopic (exact) mass is 472 g/mol. The lowest BCUT2D eigenvalue weighted by Gasteiger charge is -2.11. The fraction of sp³-hybridized carbons (Fsp3) is 0.0952. The summed E-state index contributed by atoms with van der Waals surface area (Å²) in [5, 5.41) is 13.6. The van der Waals surface area contributed by atoms with Gasteiger partial charge in [0.25, 0.3) is 11.6 Å². The highest BCUT2D eigenvalue weighted by atomic mass is 79.9. The minimum Gasteiger partial charge on any atom is -0.493 e. The van der Waals surface area contributed by atoms with Crippen molar-refractivity contribution in [3.05, 3.63) is 81.3 Å². The van der Waals surface area contributed by atoms with Crippen LogP contribution in [0, 0.1) is 10.1 Å². The summed E-state index contributed by atoms with van der Waals surface area (Å²) in [6, 6.07) is 18.2. The smallest absolute Gasteiger partial charge is 0.273 e. The number of ether oxygens (including phenoxy) is 3. The molecule has 3 aromatic rings. The summed E-state index contributed by atoms with van der Waals surface area (Å²) in [6.45, 7) is -0.339. The Morgan fingerprint density at radius 2 is 1.63 bits per heavy atom. The number of amides is 1. The number of hydrogen-bond donors (Lipinski definition) is 1. The Morgan fingerprint density at radius 1 is 1.00 bits per heavy atom. The Labute approximate surface area is 180 Å². The Morgan fingerprint density at radius 3 is 2.23 bits per heavy atom. The molecule has 1 amide bonds. The van der Waals surface area contributed by atoms with E-state index in [1.807, 2.05) is 24.3 Å². The first kappa shape index (κ1) is 21.1. The molecule has 0 atom stereocenters. The van der Waals surface area contributed by atoms with Crippen LogP contribution in [-0.4, -0.2) is 24.5 Å². The third-order valence-corrected chi connectivity index (χ3v) is 4.43. The lowest BCUT2D eigenvalue weighted by molar-refractivity contribution is -0.385. The van der Waals surface area contributed by atoms with E-state index in [9.17, 15) is 14.9 Å². The van der Waals surface area contributed by atoms with Gasteiger partial charge in [0.1, 0.15) is 11.5 Å². The van der Waals surface area contributed by atoms with Crippen molar-refractivity contribution in [2.75, 3.05) is 19.0 Å². The summed E-state index contributed by atoms with van der Waals surface area (Å²) in [7, 11) is 1.41. The molecule has 0 aliphatic rings. The van der Waals surface area contributed by atoms with Gasteiger partial charge in [-0.2, -0.15) is 0 Å². The maximum Gasteiger partial charge on any atom is 0.273 e. The van der Waals surface area contributed by atoms with Gasteiger partial charge in [0.15, 0.2) is 18.1 Å². The first-order valence-electron chi connectivity index (χ1n) is 8.73. The zero-order valence-electron chi connectivity index (χ0n) is 15.8. The van der Waals surface area contributed by atoms with Crippen molar-refractivity contribution >= 4 is 33.2 Å². The van der Waals surface area contributed by atoms with Crippen LogP contribution in [0.5, 0.6) is 23.0 Å². The van der Waals surface area contributed by atoms with Crippen LogP contribution in [0.2, 0.25) is 0 Å². The Balaban J connectivity index is 1.57. The van der Waals surface area contributed by atoms with Crippen LogP contribution >= 0.6 is 15.9 Å². The largest absolute Gasteiger partial charge is 0.493 e. The van der Waals surface area contributed by atoms with Crippen molar-refractivity contribution in [2.24, 2.45) is 0 Å². The van der Waals surface area contributed by atoms with Crippen LogP contribution < -0.4 is 19.5 Å². The maximum atomic E-state index is 12.2. The molecule has 0 spiro atoms. The summed E-state index contributed by atoms with van der Waals surface area (Å²) in [5.74, 6) is 1.29. The second-order valence-corrected chi connectivity index (χ2v) is 6.93. The van der Waals surface area contributed by atoms with Gasteiger partial charge in [-0.25, -0.2) is 0 Å². The molecule has 0 aromatic heterocycles. The summed E-state index contributed by atoms with van der Waals surface area (Å²) in [5.41, 5.74) is 0.394. The van der Waals surface area contributed by atoms with Crippen molar-refractivity contribution in [3.8, 4) is 23.0 Å². The van der Waals surface area contributed by atoms with Crippen LogP contribution in [0.3, 0.4) is 0 Å². The van der Waals surface area contributed by atoms with Gasteiger partial charge in [-0.1, -0.05) is 15.9 Å². The molecule has 0 aliphatic heterocycles. The molecule has 8 nitrogen and oxygen atoms in total. The van der Waals surface area contributed by atoms with E-state index in [0.29, 0.717) is 22.9 Å². The van der Waals surface area contributed by atoms with Crippen LogP contribution in [0.15, 0.2) is 71.2 Å². The topological polar surface area (TPSA) is 99.9 Å². The number of carbonyl (C=O) groups excluding carboxylic acids is 1. The summed E-state index contributed by atoms with van der Waals surface area (Å²) in [6.07, 6.45) is 0. The van der Waals surface area contributed by atoms with E-state index in [4.69, 9.17) is 14.2 Å².